The molecule has 2 aromatic rings. The number of nitrogen functional groups attached to an aromatic ring is 1. The SMILES string of the molecule is COc1ccc(OCc2cnc(N)s2)cc1[N+](=O)[O-]. The molecule has 0 saturated carbocycles. The van der Waals surface area contributed by atoms with Crippen molar-refractivity contribution < 1.29 is 14.4 Å². The zero-order chi connectivity index (χ0) is 13.8. The number of nitro groups is 1. The molecule has 1 aromatic heterocycles. The molecule has 8 heteroatoms. The Bertz CT molecular complexity index is 599. The van der Waals surface area contributed by atoms with Crippen LogP contribution in [0, 0.1) is 10.1 Å². The van der Waals surface area contributed by atoms with E-state index in [-0.39, 0.29) is 18.0 Å². The zero-order valence-electron chi connectivity index (χ0n) is 10.0. The second-order valence-electron chi connectivity index (χ2n) is 3.54. The Labute approximate surface area is 112 Å². The van der Waals surface area contributed by atoms with Gasteiger partial charge < -0.3 is 15.2 Å². The first-order chi connectivity index (χ1) is 9.10. The van der Waals surface area contributed by atoms with Gasteiger partial charge in [-0.25, -0.2) is 4.98 Å². The highest BCUT2D eigenvalue weighted by molar-refractivity contribution is 7.15. The predicted octanol–water partition coefficient (Wildman–Crippen LogP) is 2.22. The molecule has 0 aliphatic heterocycles. The number of methoxy groups -OCH3 is 1. The van der Waals surface area contributed by atoms with Gasteiger partial charge >= 0.3 is 5.69 Å². The van der Waals surface area contributed by atoms with Gasteiger partial charge in [0.1, 0.15) is 12.4 Å². The average Bonchev–Trinajstić information content (AvgIpc) is 2.81. The summed E-state index contributed by atoms with van der Waals surface area (Å²) in [6.07, 6.45) is 1.61. The lowest BCUT2D eigenvalue weighted by molar-refractivity contribution is -0.385. The Hall–Kier alpha value is -2.35. The van der Waals surface area contributed by atoms with Crippen LogP contribution in [0.25, 0.3) is 0 Å². The van der Waals surface area contributed by atoms with E-state index in [2.05, 4.69) is 4.98 Å². The van der Waals surface area contributed by atoms with Crippen LogP contribution in [0.1, 0.15) is 4.88 Å². The second kappa shape index (κ2) is 5.53. The van der Waals surface area contributed by atoms with Crippen molar-refractivity contribution in [2.24, 2.45) is 0 Å². The maximum Gasteiger partial charge on any atom is 0.314 e. The van der Waals surface area contributed by atoms with Crippen molar-refractivity contribution in [3.63, 3.8) is 0 Å². The summed E-state index contributed by atoms with van der Waals surface area (Å²) in [6, 6.07) is 4.42. The highest BCUT2D eigenvalue weighted by atomic mass is 32.1. The molecule has 0 radical (unpaired) electrons. The molecule has 2 rings (SSSR count). The van der Waals surface area contributed by atoms with E-state index in [1.54, 1.807) is 12.3 Å². The Morgan fingerprint density at radius 2 is 2.32 bits per heavy atom. The Morgan fingerprint density at radius 3 is 2.89 bits per heavy atom. The molecule has 0 amide bonds. The van der Waals surface area contributed by atoms with Crippen molar-refractivity contribution in [1.82, 2.24) is 4.98 Å². The molecule has 0 fully saturated rings. The second-order valence-corrected chi connectivity index (χ2v) is 4.69. The van der Waals surface area contributed by atoms with Gasteiger partial charge in [0.15, 0.2) is 10.9 Å². The van der Waals surface area contributed by atoms with Crippen LogP contribution >= 0.6 is 11.3 Å². The van der Waals surface area contributed by atoms with Crippen LogP contribution in [0.5, 0.6) is 11.5 Å². The molecule has 0 bridgehead atoms. The zero-order valence-corrected chi connectivity index (χ0v) is 10.8. The maximum absolute atomic E-state index is 10.9. The third kappa shape index (κ3) is 3.10. The smallest absolute Gasteiger partial charge is 0.314 e. The van der Waals surface area contributed by atoms with Gasteiger partial charge in [-0.05, 0) is 12.1 Å². The van der Waals surface area contributed by atoms with Crippen LogP contribution in [0.3, 0.4) is 0 Å². The molecule has 1 aromatic carbocycles. The lowest BCUT2D eigenvalue weighted by Gasteiger charge is -2.06. The third-order valence-electron chi connectivity index (χ3n) is 2.30. The van der Waals surface area contributed by atoms with Crippen molar-refractivity contribution in [3.8, 4) is 11.5 Å². The molecule has 0 atom stereocenters. The van der Waals surface area contributed by atoms with Crippen LogP contribution in [0.2, 0.25) is 0 Å². The Kier molecular flexibility index (Phi) is 3.81. The summed E-state index contributed by atoms with van der Waals surface area (Å²) in [5.41, 5.74) is 5.36. The van der Waals surface area contributed by atoms with Gasteiger partial charge in [-0.15, -0.1) is 0 Å². The number of nitrogens with two attached hydrogens (primary N) is 1. The maximum atomic E-state index is 10.9. The first-order valence-electron chi connectivity index (χ1n) is 5.25. The van der Waals surface area contributed by atoms with Gasteiger partial charge in [0.25, 0.3) is 0 Å². The topological polar surface area (TPSA) is 101 Å². The summed E-state index contributed by atoms with van der Waals surface area (Å²) in [6.45, 7) is 0.262. The van der Waals surface area contributed by atoms with Crippen LogP contribution in [0.15, 0.2) is 24.4 Å². The van der Waals surface area contributed by atoms with Crippen molar-refractivity contribution in [1.29, 1.82) is 0 Å². The molecule has 7 nitrogen and oxygen atoms in total. The number of hydrogen-bond donors (Lipinski definition) is 1. The van der Waals surface area contributed by atoms with Crippen molar-refractivity contribution in [3.05, 3.63) is 39.4 Å². The summed E-state index contributed by atoms with van der Waals surface area (Å²) in [5, 5.41) is 11.3. The lowest BCUT2D eigenvalue weighted by Crippen LogP contribution is -1.97. The van der Waals surface area contributed by atoms with Crippen molar-refractivity contribution in [2.45, 2.75) is 6.61 Å². The van der Waals surface area contributed by atoms with E-state index >= 15 is 0 Å². The molecular formula is C11H11N3O4S. The molecule has 0 spiro atoms. The van der Waals surface area contributed by atoms with Crippen molar-refractivity contribution in [2.75, 3.05) is 12.8 Å². The first-order valence-corrected chi connectivity index (χ1v) is 6.07. The predicted molar refractivity (Wildman–Crippen MR) is 70.5 cm³/mol. The summed E-state index contributed by atoms with van der Waals surface area (Å²) >= 11 is 1.31. The fraction of sp³-hybridized carbons (Fsp3) is 0.182. The number of hydrogen-bond acceptors (Lipinski definition) is 7. The molecule has 0 saturated heterocycles. The van der Waals surface area contributed by atoms with Crippen molar-refractivity contribution >= 4 is 22.2 Å². The molecule has 1 heterocycles. The normalized spacial score (nSPS) is 10.2. The van der Waals surface area contributed by atoms with E-state index < -0.39 is 4.92 Å². The number of nitro benzene ring substituents is 1. The standard InChI is InChI=1S/C11H11N3O4S/c1-17-10-3-2-7(4-9(10)14(15)16)18-6-8-5-13-11(12)19-8/h2-5H,6H2,1H3,(H2,12,13). The number of thiazole rings is 1. The molecule has 19 heavy (non-hydrogen) atoms. The minimum atomic E-state index is -0.517. The highest BCUT2D eigenvalue weighted by Gasteiger charge is 2.15. The first kappa shape index (κ1) is 13.1. The minimum Gasteiger partial charge on any atom is -0.490 e. The number of aromatic nitrogens is 1. The van der Waals surface area contributed by atoms with E-state index in [1.807, 2.05) is 0 Å². The molecule has 0 aliphatic carbocycles. The van der Waals surface area contributed by atoms with Gasteiger partial charge in [-0.2, -0.15) is 0 Å². The van der Waals surface area contributed by atoms with Crippen LogP contribution < -0.4 is 15.2 Å². The van der Waals surface area contributed by atoms with Crippen LogP contribution in [-0.2, 0) is 6.61 Å². The number of benzene rings is 1. The minimum absolute atomic E-state index is 0.135. The average molecular weight is 281 g/mol. The number of ether oxygens (including phenoxy) is 2. The number of rotatable bonds is 5. The summed E-state index contributed by atoms with van der Waals surface area (Å²) < 4.78 is 10.4. The fourth-order valence-corrected chi connectivity index (χ4v) is 2.04. The van der Waals surface area contributed by atoms with E-state index in [4.69, 9.17) is 15.2 Å². The third-order valence-corrected chi connectivity index (χ3v) is 3.10. The quantitative estimate of drug-likeness (QED) is 0.666. The van der Waals surface area contributed by atoms with Crippen LogP contribution in [0.4, 0.5) is 10.8 Å². The van der Waals surface area contributed by atoms with E-state index in [9.17, 15) is 10.1 Å². The summed E-state index contributed by atoms with van der Waals surface area (Å²) in [5.74, 6) is 0.582. The van der Waals surface area contributed by atoms with E-state index in [0.29, 0.717) is 10.9 Å². The van der Waals surface area contributed by atoms with Gasteiger partial charge in [0.2, 0.25) is 0 Å². The van der Waals surface area contributed by atoms with Crippen LogP contribution in [-0.4, -0.2) is 17.0 Å². The van der Waals surface area contributed by atoms with Gasteiger partial charge in [-0.3, -0.25) is 10.1 Å². The van der Waals surface area contributed by atoms with E-state index in [1.165, 1.54) is 30.6 Å². The van der Waals surface area contributed by atoms with Gasteiger partial charge in [0, 0.05) is 6.20 Å². The Balaban J connectivity index is 2.12. The highest BCUT2D eigenvalue weighted by Crippen LogP contribution is 2.31. The monoisotopic (exact) mass is 281 g/mol. The molecule has 0 aliphatic rings. The lowest BCUT2D eigenvalue weighted by atomic mass is 10.3. The molecular weight excluding hydrogens is 270 g/mol. The molecule has 2 N–H and O–H groups in total. The van der Waals surface area contributed by atoms with Gasteiger partial charge in [-0.1, -0.05) is 11.3 Å². The fourth-order valence-electron chi connectivity index (χ4n) is 1.45. The van der Waals surface area contributed by atoms with E-state index in [0.717, 1.165) is 4.88 Å². The summed E-state index contributed by atoms with van der Waals surface area (Å²) in [4.78, 5) is 15.1. The molecule has 100 valence electrons. The number of nitrogens with zero attached hydrogens (tertiary/aromatic N) is 2. The molecule has 0 unspecified atom stereocenters. The summed E-state index contributed by atoms with van der Waals surface area (Å²) in [7, 11) is 1.38. The largest absolute Gasteiger partial charge is 0.490 e. The Morgan fingerprint density at radius 1 is 1.53 bits per heavy atom. The number of anilines is 1. The van der Waals surface area contributed by atoms with Gasteiger partial charge in [0.05, 0.1) is 23.0 Å².